The van der Waals surface area contributed by atoms with Crippen molar-refractivity contribution in [1.82, 2.24) is 9.97 Å². The van der Waals surface area contributed by atoms with Gasteiger partial charge in [0.15, 0.2) is 5.69 Å². The molecular formula is C19H11ClF6N4OS. The van der Waals surface area contributed by atoms with Crippen LogP contribution in [0.4, 0.5) is 32.3 Å². The molecule has 168 valence electrons. The zero-order valence-electron chi connectivity index (χ0n) is 15.6. The summed E-state index contributed by atoms with van der Waals surface area (Å²) in [6.07, 6.45) is -11.3. The third kappa shape index (κ3) is 4.05. The average Bonchev–Trinajstić information content (AvgIpc) is 3.36. The van der Waals surface area contributed by atoms with E-state index >= 15 is 0 Å². The molecule has 1 aliphatic rings. The van der Waals surface area contributed by atoms with Gasteiger partial charge in [0.05, 0.1) is 22.7 Å². The van der Waals surface area contributed by atoms with Gasteiger partial charge in [0.1, 0.15) is 0 Å². The van der Waals surface area contributed by atoms with E-state index in [9.17, 15) is 31.4 Å². The summed E-state index contributed by atoms with van der Waals surface area (Å²) in [6, 6.07) is 9.21. The van der Waals surface area contributed by atoms with Gasteiger partial charge in [0.25, 0.3) is 5.72 Å². The van der Waals surface area contributed by atoms with E-state index in [0.29, 0.717) is 11.1 Å². The summed E-state index contributed by atoms with van der Waals surface area (Å²) in [5.41, 5.74) is -5.40. The molecule has 0 saturated carbocycles. The van der Waals surface area contributed by atoms with Crippen LogP contribution in [0.2, 0.25) is 5.02 Å². The second kappa shape index (κ2) is 7.71. The van der Waals surface area contributed by atoms with E-state index in [1.807, 2.05) is 0 Å². The van der Waals surface area contributed by atoms with Crippen LogP contribution in [0.25, 0.3) is 10.6 Å². The molecule has 0 bridgehead atoms. The van der Waals surface area contributed by atoms with Gasteiger partial charge < -0.3 is 5.11 Å². The number of rotatable bonds is 3. The van der Waals surface area contributed by atoms with Crippen LogP contribution in [0.3, 0.4) is 0 Å². The minimum Gasteiger partial charge on any atom is -0.362 e. The monoisotopic (exact) mass is 492 g/mol. The van der Waals surface area contributed by atoms with Crippen molar-refractivity contribution >= 4 is 34.6 Å². The summed E-state index contributed by atoms with van der Waals surface area (Å²) in [7, 11) is 0. The Hall–Kier alpha value is -2.70. The lowest BCUT2D eigenvalue weighted by Crippen LogP contribution is -2.55. The summed E-state index contributed by atoms with van der Waals surface area (Å²) in [5.74, 6) is -1.04. The van der Waals surface area contributed by atoms with Crippen molar-refractivity contribution in [3.63, 3.8) is 0 Å². The Morgan fingerprint density at radius 2 is 1.72 bits per heavy atom. The molecule has 1 aliphatic heterocycles. The number of hydrazone groups is 1. The van der Waals surface area contributed by atoms with Crippen LogP contribution in [0, 0.1) is 0 Å². The highest BCUT2D eigenvalue weighted by Gasteiger charge is 2.63. The Kier molecular flexibility index (Phi) is 5.42. The molecule has 3 aromatic rings. The molecular weight excluding hydrogens is 482 g/mol. The molecule has 1 unspecified atom stereocenters. The molecule has 13 heteroatoms. The maximum absolute atomic E-state index is 13.9. The summed E-state index contributed by atoms with van der Waals surface area (Å²) >= 11 is 6.83. The number of anilines is 1. The molecule has 0 fully saturated rings. The lowest BCUT2D eigenvalue weighted by Gasteiger charge is -2.32. The molecule has 0 aliphatic carbocycles. The molecule has 0 spiro atoms. The SMILES string of the molecule is OC1(C(F)(F)F)CC(c2ccc(Cl)cc2)=NN1c1nc(-c2cccs2)cc(C(F)(F)F)n1. The van der Waals surface area contributed by atoms with Crippen molar-refractivity contribution < 1.29 is 31.4 Å². The van der Waals surface area contributed by atoms with Crippen LogP contribution in [-0.4, -0.2) is 32.7 Å². The fraction of sp³-hybridized carbons (Fsp3) is 0.211. The van der Waals surface area contributed by atoms with Crippen LogP contribution < -0.4 is 5.01 Å². The molecule has 1 N–H and O–H groups in total. The predicted octanol–water partition coefficient (Wildman–Crippen LogP) is 5.74. The normalized spacial score (nSPS) is 19.4. The summed E-state index contributed by atoms with van der Waals surface area (Å²) in [6.45, 7) is 0. The number of benzene rings is 1. The first-order valence-electron chi connectivity index (χ1n) is 8.81. The minimum absolute atomic E-state index is 0.0106. The van der Waals surface area contributed by atoms with Crippen LogP contribution in [0.15, 0.2) is 52.9 Å². The molecule has 1 aromatic carbocycles. The Balaban J connectivity index is 1.89. The molecule has 2 aromatic heterocycles. The van der Waals surface area contributed by atoms with Gasteiger partial charge >= 0.3 is 12.4 Å². The number of aliphatic hydroxyl groups is 1. The highest BCUT2D eigenvalue weighted by molar-refractivity contribution is 7.13. The van der Waals surface area contributed by atoms with Crippen molar-refractivity contribution in [2.45, 2.75) is 24.5 Å². The van der Waals surface area contributed by atoms with Crippen molar-refractivity contribution in [2.75, 3.05) is 5.01 Å². The van der Waals surface area contributed by atoms with E-state index in [-0.39, 0.29) is 26.9 Å². The third-order valence-corrected chi connectivity index (χ3v) is 5.73. The molecule has 4 rings (SSSR count). The van der Waals surface area contributed by atoms with Gasteiger partial charge in [0, 0.05) is 5.02 Å². The number of thiophene rings is 1. The Labute approximate surface area is 185 Å². The number of nitrogens with zero attached hydrogens (tertiary/aromatic N) is 4. The summed E-state index contributed by atoms with van der Waals surface area (Å²) in [4.78, 5) is 7.39. The summed E-state index contributed by atoms with van der Waals surface area (Å²) in [5, 5.41) is 16.2. The molecule has 0 radical (unpaired) electrons. The smallest absolute Gasteiger partial charge is 0.362 e. The fourth-order valence-electron chi connectivity index (χ4n) is 3.00. The van der Waals surface area contributed by atoms with Crippen molar-refractivity contribution in [2.24, 2.45) is 5.10 Å². The number of halogens is 7. The second-order valence-corrected chi connectivity index (χ2v) is 8.15. The maximum atomic E-state index is 13.9. The van der Waals surface area contributed by atoms with Crippen LogP contribution in [-0.2, 0) is 6.18 Å². The Bertz CT molecular complexity index is 1160. The van der Waals surface area contributed by atoms with E-state index < -0.39 is 36.1 Å². The minimum atomic E-state index is -5.29. The van der Waals surface area contributed by atoms with Crippen LogP contribution >= 0.6 is 22.9 Å². The third-order valence-electron chi connectivity index (χ3n) is 4.58. The van der Waals surface area contributed by atoms with Gasteiger partial charge in [-0.15, -0.1) is 11.3 Å². The first-order chi connectivity index (χ1) is 14.9. The average molecular weight is 493 g/mol. The zero-order chi connectivity index (χ0) is 23.3. The van der Waals surface area contributed by atoms with Gasteiger partial charge in [-0.1, -0.05) is 29.8 Å². The Morgan fingerprint density at radius 3 is 2.28 bits per heavy atom. The molecule has 0 amide bonds. The second-order valence-electron chi connectivity index (χ2n) is 6.77. The zero-order valence-corrected chi connectivity index (χ0v) is 17.2. The molecule has 1 atom stereocenters. The van der Waals surface area contributed by atoms with Crippen molar-refractivity contribution in [3.8, 4) is 10.6 Å². The molecule has 5 nitrogen and oxygen atoms in total. The maximum Gasteiger partial charge on any atom is 0.438 e. The van der Waals surface area contributed by atoms with E-state index in [2.05, 4.69) is 15.1 Å². The van der Waals surface area contributed by atoms with Gasteiger partial charge in [-0.05, 0) is 35.2 Å². The number of hydrogen-bond donors (Lipinski definition) is 1. The van der Waals surface area contributed by atoms with E-state index in [1.165, 1.54) is 30.3 Å². The van der Waals surface area contributed by atoms with E-state index in [4.69, 9.17) is 11.6 Å². The topological polar surface area (TPSA) is 61.6 Å². The van der Waals surface area contributed by atoms with E-state index in [0.717, 1.165) is 11.3 Å². The fourth-order valence-corrected chi connectivity index (χ4v) is 3.82. The Morgan fingerprint density at radius 1 is 1.03 bits per heavy atom. The molecule has 0 saturated heterocycles. The highest BCUT2D eigenvalue weighted by Crippen LogP contribution is 2.44. The van der Waals surface area contributed by atoms with Crippen molar-refractivity contribution in [1.29, 1.82) is 0 Å². The standard InChI is InChI=1S/C19H11ClF6N4OS/c20-11-5-3-10(4-6-11)13-9-17(31,19(24,25)26)30(29-13)16-27-12(14-2-1-7-32-14)8-15(28-16)18(21,22)23/h1-8,31H,9H2. The van der Waals surface area contributed by atoms with Crippen LogP contribution in [0.5, 0.6) is 0 Å². The van der Waals surface area contributed by atoms with Gasteiger partial charge in [-0.3, -0.25) is 0 Å². The lowest BCUT2D eigenvalue weighted by molar-refractivity contribution is -0.254. The van der Waals surface area contributed by atoms with Gasteiger partial charge in [-0.2, -0.15) is 36.5 Å². The first-order valence-corrected chi connectivity index (χ1v) is 10.1. The quantitative estimate of drug-likeness (QED) is 0.473. The largest absolute Gasteiger partial charge is 0.438 e. The van der Waals surface area contributed by atoms with Crippen molar-refractivity contribution in [3.05, 3.63) is 64.1 Å². The highest BCUT2D eigenvalue weighted by atomic mass is 35.5. The molecule has 32 heavy (non-hydrogen) atoms. The van der Waals surface area contributed by atoms with Gasteiger partial charge in [0.2, 0.25) is 5.95 Å². The lowest BCUT2D eigenvalue weighted by atomic mass is 10.0. The number of alkyl halides is 6. The predicted molar refractivity (Wildman–Crippen MR) is 106 cm³/mol. The van der Waals surface area contributed by atoms with Crippen LogP contribution in [0.1, 0.15) is 17.7 Å². The first kappa shape index (κ1) is 22.5. The number of aromatic nitrogens is 2. The number of hydrogen-bond acceptors (Lipinski definition) is 6. The summed E-state index contributed by atoms with van der Waals surface area (Å²) < 4.78 is 82.0. The molecule has 3 heterocycles. The van der Waals surface area contributed by atoms with E-state index in [1.54, 1.807) is 11.4 Å². The van der Waals surface area contributed by atoms with Gasteiger partial charge in [-0.25, -0.2) is 9.97 Å².